The van der Waals surface area contributed by atoms with E-state index in [9.17, 15) is 9.90 Å². The Morgan fingerprint density at radius 3 is 2.43 bits per heavy atom. The summed E-state index contributed by atoms with van der Waals surface area (Å²) in [4.78, 5) is 11.9. The summed E-state index contributed by atoms with van der Waals surface area (Å²) >= 11 is 3.55. The van der Waals surface area contributed by atoms with E-state index in [0.717, 1.165) is 60.7 Å². The zero-order valence-electron chi connectivity index (χ0n) is 12.1. The van der Waals surface area contributed by atoms with Crippen LogP contribution in [0.15, 0.2) is 22.7 Å². The maximum Gasteiger partial charge on any atom is 0.314 e. The topological polar surface area (TPSA) is 46.5 Å². The molecule has 2 saturated carbocycles. The number of aliphatic carboxylic acids is 1. The summed E-state index contributed by atoms with van der Waals surface area (Å²) < 4.78 is 6.80. The number of rotatable bonds is 4. The van der Waals surface area contributed by atoms with E-state index in [1.54, 1.807) is 0 Å². The molecule has 1 aromatic carbocycles. The maximum atomic E-state index is 11.9. The molecule has 0 aromatic heterocycles. The Bertz CT molecular complexity index is 531. The van der Waals surface area contributed by atoms with Gasteiger partial charge in [-0.3, -0.25) is 4.79 Å². The lowest BCUT2D eigenvalue weighted by atomic mass is 9.69. The third-order valence-electron chi connectivity index (χ3n) is 4.95. The van der Waals surface area contributed by atoms with Crippen molar-refractivity contribution in [1.82, 2.24) is 0 Å². The zero-order valence-corrected chi connectivity index (χ0v) is 13.7. The van der Waals surface area contributed by atoms with E-state index in [1.807, 2.05) is 18.2 Å². The van der Waals surface area contributed by atoms with E-state index in [1.165, 1.54) is 6.42 Å². The predicted molar refractivity (Wildman–Crippen MR) is 84.8 cm³/mol. The van der Waals surface area contributed by atoms with E-state index in [0.29, 0.717) is 6.10 Å². The SMILES string of the molecule is O=C(O)C1(c2ccc(OC3CCC3)c(Br)c2)CCCCC1. The average Bonchev–Trinajstić information content (AvgIpc) is 2.44. The van der Waals surface area contributed by atoms with Crippen molar-refractivity contribution in [2.75, 3.05) is 0 Å². The summed E-state index contributed by atoms with van der Waals surface area (Å²) in [5, 5.41) is 9.75. The molecule has 2 aliphatic rings. The van der Waals surface area contributed by atoms with Crippen LogP contribution in [0.2, 0.25) is 0 Å². The fourth-order valence-corrected chi connectivity index (χ4v) is 3.82. The highest BCUT2D eigenvalue weighted by Gasteiger charge is 2.41. The standard InChI is InChI=1S/C17H21BrO3/c18-14-11-12(7-8-15(14)21-13-5-4-6-13)17(16(19)20)9-2-1-3-10-17/h7-8,11,13H,1-6,9-10H2,(H,19,20). The molecule has 0 radical (unpaired) electrons. The van der Waals surface area contributed by atoms with Gasteiger partial charge in [0.2, 0.25) is 0 Å². The Labute approximate surface area is 133 Å². The van der Waals surface area contributed by atoms with Crippen molar-refractivity contribution >= 4 is 21.9 Å². The lowest BCUT2D eigenvalue weighted by Gasteiger charge is -2.34. The van der Waals surface area contributed by atoms with Crippen molar-refractivity contribution in [1.29, 1.82) is 0 Å². The van der Waals surface area contributed by atoms with Gasteiger partial charge >= 0.3 is 5.97 Å². The first-order valence-electron chi connectivity index (χ1n) is 7.82. The quantitative estimate of drug-likeness (QED) is 0.856. The molecule has 2 aliphatic carbocycles. The molecule has 3 nitrogen and oxygen atoms in total. The van der Waals surface area contributed by atoms with Crippen molar-refractivity contribution in [3.05, 3.63) is 28.2 Å². The highest BCUT2D eigenvalue weighted by molar-refractivity contribution is 9.10. The first-order valence-corrected chi connectivity index (χ1v) is 8.61. The van der Waals surface area contributed by atoms with Gasteiger partial charge in [0, 0.05) is 0 Å². The molecule has 0 spiro atoms. The van der Waals surface area contributed by atoms with Crippen molar-refractivity contribution < 1.29 is 14.6 Å². The van der Waals surface area contributed by atoms with Crippen LogP contribution in [0.3, 0.4) is 0 Å². The molecule has 3 rings (SSSR count). The Morgan fingerprint density at radius 2 is 1.90 bits per heavy atom. The molecular weight excluding hydrogens is 332 g/mol. The summed E-state index contributed by atoms with van der Waals surface area (Å²) in [7, 11) is 0. The molecule has 0 bridgehead atoms. The Morgan fingerprint density at radius 1 is 1.19 bits per heavy atom. The van der Waals surface area contributed by atoms with Crippen molar-refractivity contribution in [2.45, 2.75) is 62.9 Å². The summed E-state index contributed by atoms with van der Waals surface area (Å²) in [6.07, 6.45) is 8.39. The van der Waals surface area contributed by atoms with E-state index in [4.69, 9.17) is 4.74 Å². The fraction of sp³-hybridized carbons (Fsp3) is 0.588. The van der Waals surface area contributed by atoms with Crippen LogP contribution >= 0.6 is 15.9 Å². The predicted octanol–water partition coefficient (Wildman–Crippen LogP) is 4.67. The lowest BCUT2D eigenvalue weighted by Crippen LogP contribution is -2.37. The normalized spacial score (nSPS) is 21.6. The number of hydrogen-bond donors (Lipinski definition) is 1. The van der Waals surface area contributed by atoms with Gasteiger partial charge in [0.15, 0.2) is 0 Å². The average molecular weight is 353 g/mol. The first-order chi connectivity index (χ1) is 10.1. The monoisotopic (exact) mass is 352 g/mol. The van der Waals surface area contributed by atoms with Gasteiger partial charge in [0.1, 0.15) is 5.75 Å². The van der Waals surface area contributed by atoms with Crippen LogP contribution in [0.5, 0.6) is 5.75 Å². The molecule has 2 fully saturated rings. The molecule has 1 aromatic rings. The summed E-state index contributed by atoms with van der Waals surface area (Å²) in [6.45, 7) is 0. The molecule has 0 heterocycles. The third kappa shape index (κ3) is 2.83. The van der Waals surface area contributed by atoms with Gasteiger partial charge < -0.3 is 9.84 Å². The van der Waals surface area contributed by atoms with Gasteiger partial charge in [-0.2, -0.15) is 0 Å². The van der Waals surface area contributed by atoms with Crippen LogP contribution in [0.4, 0.5) is 0 Å². The lowest BCUT2D eigenvalue weighted by molar-refractivity contribution is -0.145. The van der Waals surface area contributed by atoms with Crippen molar-refractivity contribution in [3.63, 3.8) is 0 Å². The van der Waals surface area contributed by atoms with E-state index in [2.05, 4.69) is 15.9 Å². The largest absolute Gasteiger partial charge is 0.489 e. The van der Waals surface area contributed by atoms with Gasteiger partial charge in [-0.05, 0) is 65.7 Å². The van der Waals surface area contributed by atoms with Gasteiger partial charge in [-0.1, -0.05) is 25.3 Å². The number of carboxylic acid groups (broad SMARTS) is 1. The molecule has 4 heteroatoms. The summed E-state index contributed by atoms with van der Waals surface area (Å²) in [5.41, 5.74) is 0.193. The molecular formula is C17H21BrO3. The number of halogens is 1. The summed E-state index contributed by atoms with van der Waals surface area (Å²) in [6, 6.07) is 5.82. The van der Waals surface area contributed by atoms with E-state index in [-0.39, 0.29) is 0 Å². The molecule has 0 aliphatic heterocycles. The zero-order chi connectivity index (χ0) is 14.9. The smallest absolute Gasteiger partial charge is 0.314 e. The molecule has 21 heavy (non-hydrogen) atoms. The Hall–Kier alpha value is -1.03. The van der Waals surface area contributed by atoms with Crippen LogP contribution in [0.1, 0.15) is 56.9 Å². The Balaban J connectivity index is 1.86. The molecule has 1 N–H and O–H groups in total. The molecule has 0 saturated heterocycles. The number of ether oxygens (including phenoxy) is 1. The van der Waals surface area contributed by atoms with Crippen molar-refractivity contribution in [3.8, 4) is 5.75 Å². The number of benzene rings is 1. The molecule has 0 amide bonds. The second kappa shape index (κ2) is 5.99. The molecule has 0 unspecified atom stereocenters. The van der Waals surface area contributed by atoms with E-state index >= 15 is 0 Å². The van der Waals surface area contributed by atoms with Gasteiger partial charge in [-0.15, -0.1) is 0 Å². The maximum absolute atomic E-state index is 11.9. The van der Waals surface area contributed by atoms with Crippen LogP contribution in [-0.4, -0.2) is 17.2 Å². The van der Waals surface area contributed by atoms with Gasteiger partial charge in [-0.25, -0.2) is 0 Å². The van der Waals surface area contributed by atoms with Crippen LogP contribution in [-0.2, 0) is 10.2 Å². The van der Waals surface area contributed by atoms with Crippen LogP contribution < -0.4 is 4.74 Å². The fourth-order valence-electron chi connectivity index (χ4n) is 3.34. The number of hydrogen-bond acceptors (Lipinski definition) is 2. The highest BCUT2D eigenvalue weighted by atomic mass is 79.9. The van der Waals surface area contributed by atoms with Gasteiger partial charge in [0.25, 0.3) is 0 Å². The third-order valence-corrected chi connectivity index (χ3v) is 5.57. The van der Waals surface area contributed by atoms with Crippen LogP contribution in [0, 0.1) is 0 Å². The summed E-state index contributed by atoms with van der Waals surface area (Å²) in [5.74, 6) is 0.140. The molecule has 114 valence electrons. The second-order valence-corrected chi connectivity index (χ2v) is 7.12. The number of carbonyl (C=O) groups is 1. The Kier molecular flexibility index (Phi) is 4.25. The highest BCUT2D eigenvalue weighted by Crippen LogP contribution is 2.42. The van der Waals surface area contributed by atoms with Gasteiger partial charge in [0.05, 0.1) is 16.0 Å². The number of carboxylic acids is 1. The van der Waals surface area contributed by atoms with E-state index < -0.39 is 11.4 Å². The first kappa shape index (κ1) is 14.9. The second-order valence-electron chi connectivity index (χ2n) is 6.26. The van der Waals surface area contributed by atoms with Crippen molar-refractivity contribution in [2.24, 2.45) is 0 Å². The minimum atomic E-state index is -0.713. The molecule has 0 atom stereocenters. The minimum Gasteiger partial charge on any atom is -0.489 e. The minimum absolute atomic E-state index is 0.329. The van der Waals surface area contributed by atoms with Crippen LogP contribution in [0.25, 0.3) is 0 Å².